The number of fused-ring (bicyclic) bond motifs is 1. The molecular formula is C9H15NO3. The predicted molar refractivity (Wildman–Crippen MR) is 46.2 cm³/mol. The van der Waals surface area contributed by atoms with Gasteiger partial charge in [0.2, 0.25) is 0 Å². The zero-order valence-corrected chi connectivity index (χ0v) is 8.46. The van der Waals surface area contributed by atoms with Gasteiger partial charge in [0.25, 0.3) is 0 Å². The van der Waals surface area contributed by atoms with E-state index in [1.54, 1.807) is 4.90 Å². The molecule has 2 aliphatic rings. The molecule has 0 N–H and O–H groups in total. The first-order valence-electron chi connectivity index (χ1n) is 4.51. The average Bonchev–Trinajstić information content (AvgIpc) is 2.34. The van der Waals surface area contributed by atoms with Gasteiger partial charge in [-0.25, -0.2) is 4.79 Å². The summed E-state index contributed by atoms with van der Waals surface area (Å²) in [6.07, 6.45) is -0.266. The zero-order chi connectivity index (χ0) is 9.85. The predicted octanol–water partition coefficient (Wildman–Crippen LogP) is 1.35. The first-order valence-corrected chi connectivity index (χ1v) is 4.51. The van der Waals surface area contributed by atoms with Crippen LogP contribution in [0, 0.1) is 0 Å². The molecular weight excluding hydrogens is 170 g/mol. The molecule has 2 fully saturated rings. The highest BCUT2D eigenvalue weighted by Gasteiger charge is 2.57. The highest BCUT2D eigenvalue weighted by Crippen LogP contribution is 2.40. The van der Waals surface area contributed by atoms with Crippen molar-refractivity contribution >= 4 is 6.09 Å². The molecule has 0 aromatic rings. The summed E-state index contributed by atoms with van der Waals surface area (Å²) in [6, 6.07) is 0.0509. The lowest BCUT2D eigenvalue weighted by atomic mass is 10.00. The van der Waals surface area contributed by atoms with Gasteiger partial charge in [0.1, 0.15) is 17.4 Å². The fourth-order valence-corrected chi connectivity index (χ4v) is 2.00. The molecule has 2 rings (SSSR count). The van der Waals surface area contributed by atoms with Crippen LogP contribution >= 0.6 is 0 Å². The summed E-state index contributed by atoms with van der Waals surface area (Å²) < 4.78 is 10.8. The Morgan fingerprint density at radius 2 is 2.00 bits per heavy atom. The van der Waals surface area contributed by atoms with Crippen LogP contribution in [-0.4, -0.2) is 35.0 Å². The first kappa shape index (κ1) is 8.81. The van der Waals surface area contributed by atoms with E-state index in [1.165, 1.54) is 0 Å². The minimum absolute atomic E-state index is 0.0509. The van der Waals surface area contributed by atoms with Crippen LogP contribution in [0.15, 0.2) is 0 Å². The van der Waals surface area contributed by atoms with Crippen molar-refractivity contribution in [3.05, 3.63) is 0 Å². The molecule has 4 nitrogen and oxygen atoms in total. The maximum absolute atomic E-state index is 11.5. The van der Waals surface area contributed by atoms with Crippen molar-refractivity contribution in [2.45, 2.75) is 45.1 Å². The maximum atomic E-state index is 11.5. The second kappa shape index (κ2) is 2.18. The van der Waals surface area contributed by atoms with Gasteiger partial charge in [-0.05, 0) is 27.7 Å². The fourth-order valence-electron chi connectivity index (χ4n) is 2.00. The van der Waals surface area contributed by atoms with Gasteiger partial charge in [-0.15, -0.1) is 0 Å². The van der Waals surface area contributed by atoms with Gasteiger partial charge in [-0.1, -0.05) is 0 Å². The SMILES string of the molecule is CC1(C)OC(=O)N2[C@H]1COC2(C)C. The zero-order valence-electron chi connectivity index (χ0n) is 8.46. The largest absolute Gasteiger partial charge is 0.441 e. The Kier molecular flexibility index (Phi) is 1.48. The molecule has 0 radical (unpaired) electrons. The van der Waals surface area contributed by atoms with Crippen molar-refractivity contribution in [3.63, 3.8) is 0 Å². The van der Waals surface area contributed by atoms with Crippen LogP contribution in [0.4, 0.5) is 4.79 Å². The maximum Gasteiger partial charge on any atom is 0.413 e. The Hall–Kier alpha value is -0.770. The van der Waals surface area contributed by atoms with E-state index in [4.69, 9.17) is 9.47 Å². The van der Waals surface area contributed by atoms with E-state index in [1.807, 2.05) is 27.7 Å². The van der Waals surface area contributed by atoms with Gasteiger partial charge < -0.3 is 9.47 Å². The second-order valence-corrected chi connectivity index (χ2v) is 4.61. The van der Waals surface area contributed by atoms with Gasteiger partial charge in [-0.2, -0.15) is 0 Å². The number of amides is 1. The number of hydrogen-bond acceptors (Lipinski definition) is 3. The summed E-state index contributed by atoms with van der Waals surface area (Å²) >= 11 is 0. The quantitative estimate of drug-likeness (QED) is 0.572. The fraction of sp³-hybridized carbons (Fsp3) is 0.889. The van der Waals surface area contributed by atoms with Gasteiger partial charge >= 0.3 is 6.09 Å². The normalized spacial score (nSPS) is 34.6. The highest BCUT2D eigenvalue weighted by atomic mass is 16.6. The van der Waals surface area contributed by atoms with Gasteiger partial charge in [-0.3, -0.25) is 4.90 Å². The van der Waals surface area contributed by atoms with Crippen molar-refractivity contribution in [2.75, 3.05) is 6.61 Å². The summed E-state index contributed by atoms with van der Waals surface area (Å²) in [5.41, 5.74) is -0.944. The van der Waals surface area contributed by atoms with Gasteiger partial charge in [0.15, 0.2) is 0 Å². The van der Waals surface area contributed by atoms with Crippen molar-refractivity contribution in [1.29, 1.82) is 0 Å². The number of rotatable bonds is 0. The van der Waals surface area contributed by atoms with Crippen molar-refractivity contribution < 1.29 is 14.3 Å². The molecule has 0 bridgehead atoms. The molecule has 2 heterocycles. The Labute approximate surface area is 77.8 Å². The topological polar surface area (TPSA) is 38.8 Å². The van der Waals surface area contributed by atoms with E-state index in [-0.39, 0.29) is 12.1 Å². The lowest BCUT2D eigenvalue weighted by Crippen LogP contribution is -2.45. The number of nitrogens with zero attached hydrogens (tertiary/aromatic N) is 1. The molecule has 1 atom stereocenters. The van der Waals surface area contributed by atoms with Gasteiger partial charge in [0, 0.05) is 0 Å². The lowest BCUT2D eigenvalue weighted by Gasteiger charge is -2.27. The summed E-state index contributed by atoms with van der Waals surface area (Å²) in [6.45, 7) is 8.16. The van der Waals surface area contributed by atoms with Crippen LogP contribution in [0.3, 0.4) is 0 Å². The van der Waals surface area contributed by atoms with Crippen LogP contribution < -0.4 is 0 Å². The summed E-state index contributed by atoms with van der Waals surface area (Å²) in [5.74, 6) is 0. The molecule has 2 saturated heterocycles. The molecule has 2 aliphatic heterocycles. The number of carbonyl (C=O) groups excluding carboxylic acids is 1. The summed E-state index contributed by atoms with van der Waals surface area (Å²) in [4.78, 5) is 13.2. The van der Waals surface area contributed by atoms with Crippen molar-refractivity contribution in [1.82, 2.24) is 4.90 Å². The van der Waals surface area contributed by atoms with E-state index >= 15 is 0 Å². The van der Waals surface area contributed by atoms with Gasteiger partial charge in [0.05, 0.1) is 6.61 Å². The minimum atomic E-state index is -0.518. The van der Waals surface area contributed by atoms with E-state index in [2.05, 4.69) is 0 Å². The third kappa shape index (κ3) is 1.05. The third-order valence-corrected chi connectivity index (χ3v) is 2.84. The van der Waals surface area contributed by atoms with Crippen LogP contribution in [0.25, 0.3) is 0 Å². The minimum Gasteiger partial charge on any atom is -0.441 e. The number of ether oxygens (including phenoxy) is 2. The Balaban J connectivity index is 2.35. The molecule has 0 aromatic heterocycles. The Bertz CT molecular complexity index is 258. The molecule has 74 valence electrons. The number of carbonyl (C=O) groups is 1. The van der Waals surface area contributed by atoms with Crippen LogP contribution in [0.5, 0.6) is 0 Å². The van der Waals surface area contributed by atoms with Crippen LogP contribution in [0.2, 0.25) is 0 Å². The molecule has 13 heavy (non-hydrogen) atoms. The smallest absolute Gasteiger partial charge is 0.413 e. The molecule has 0 unspecified atom stereocenters. The second-order valence-electron chi connectivity index (χ2n) is 4.61. The highest BCUT2D eigenvalue weighted by molar-refractivity contribution is 5.72. The molecule has 0 saturated carbocycles. The Morgan fingerprint density at radius 1 is 1.38 bits per heavy atom. The van der Waals surface area contributed by atoms with E-state index < -0.39 is 11.3 Å². The molecule has 0 aromatic carbocycles. The Morgan fingerprint density at radius 3 is 2.54 bits per heavy atom. The van der Waals surface area contributed by atoms with E-state index in [0.717, 1.165) is 0 Å². The first-order chi connectivity index (χ1) is 5.84. The third-order valence-electron chi connectivity index (χ3n) is 2.84. The van der Waals surface area contributed by atoms with Crippen molar-refractivity contribution in [2.24, 2.45) is 0 Å². The van der Waals surface area contributed by atoms with Crippen LogP contribution in [0.1, 0.15) is 27.7 Å². The summed E-state index contributed by atoms with van der Waals surface area (Å²) in [7, 11) is 0. The van der Waals surface area contributed by atoms with E-state index in [0.29, 0.717) is 6.61 Å². The van der Waals surface area contributed by atoms with E-state index in [9.17, 15) is 4.79 Å². The van der Waals surface area contributed by atoms with Crippen LogP contribution in [-0.2, 0) is 9.47 Å². The number of hydrogen-bond donors (Lipinski definition) is 0. The summed E-state index contributed by atoms with van der Waals surface area (Å²) in [5, 5.41) is 0. The number of cyclic esters (lactones) is 1. The molecule has 4 heteroatoms. The molecule has 0 aliphatic carbocycles. The lowest BCUT2D eigenvalue weighted by molar-refractivity contribution is -0.0416. The van der Waals surface area contributed by atoms with Crippen molar-refractivity contribution in [3.8, 4) is 0 Å². The molecule has 0 spiro atoms. The monoisotopic (exact) mass is 185 g/mol. The molecule has 1 amide bonds. The standard InChI is InChI=1S/C9H15NO3/c1-8(2)6-5-12-9(3,4)10(6)7(11)13-8/h6H,5H2,1-4H3/t6-/m0/s1. The average molecular weight is 185 g/mol.